The first-order chi connectivity index (χ1) is 10.6. The van der Waals surface area contributed by atoms with E-state index in [1.54, 1.807) is 18.0 Å². The third-order valence-corrected chi connectivity index (χ3v) is 4.18. The Kier molecular flexibility index (Phi) is 3.84. The maximum atomic E-state index is 11.2. The molecule has 0 saturated heterocycles. The monoisotopic (exact) mass is 310 g/mol. The minimum atomic E-state index is -0.694. The lowest BCUT2D eigenvalue weighted by molar-refractivity contribution is 0.248. The SMILES string of the molecule is NC(=O)n1ncc(-c2ccc(Sc3ccccc3)cc2)c1N. The Hall–Kier alpha value is -2.73. The number of rotatable bonds is 3. The molecule has 0 unspecified atom stereocenters. The van der Waals surface area contributed by atoms with Crippen LogP contribution in [-0.4, -0.2) is 15.8 Å². The fraction of sp³-hybridized carbons (Fsp3) is 0. The van der Waals surface area contributed by atoms with Crippen LogP contribution in [0.2, 0.25) is 0 Å². The first kappa shape index (κ1) is 14.2. The number of carbonyl (C=O) groups excluding carboxylic acids is 1. The number of hydrogen-bond donors (Lipinski definition) is 2. The normalized spacial score (nSPS) is 10.5. The maximum Gasteiger partial charge on any atom is 0.341 e. The predicted molar refractivity (Wildman–Crippen MR) is 87.6 cm³/mol. The highest BCUT2D eigenvalue weighted by atomic mass is 32.2. The fourth-order valence-electron chi connectivity index (χ4n) is 2.08. The number of nitrogens with zero attached hydrogens (tertiary/aromatic N) is 2. The Morgan fingerprint density at radius 2 is 1.64 bits per heavy atom. The van der Waals surface area contributed by atoms with E-state index < -0.39 is 6.03 Å². The van der Waals surface area contributed by atoms with Crippen molar-refractivity contribution in [2.75, 3.05) is 5.73 Å². The van der Waals surface area contributed by atoms with Crippen molar-refractivity contribution < 1.29 is 4.79 Å². The van der Waals surface area contributed by atoms with Gasteiger partial charge in [0, 0.05) is 15.4 Å². The van der Waals surface area contributed by atoms with Gasteiger partial charge in [-0.25, -0.2) is 4.79 Å². The highest BCUT2D eigenvalue weighted by molar-refractivity contribution is 7.99. The molecule has 3 rings (SSSR count). The molecule has 1 heterocycles. The number of nitrogen functional groups attached to an aromatic ring is 1. The smallest absolute Gasteiger partial charge is 0.341 e. The summed E-state index contributed by atoms with van der Waals surface area (Å²) in [5.74, 6) is 0.246. The van der Waals surface area contributed by atoms with Gasteiger partial charge in [0.25, 0.3) is 0 Å². The topological polar surface area (TPSA) is 86.9 Å². The van der Waals surface area contributed by atoms with Crippen LogP contribution in [0.25, 0.3) is 11.1 Å². The molecule has 0 atom stereocenters. The minimum absolute atomic E-state index is 0.246. The summed E-state index contributed by atoms with van der Waals surface area (Å²) in [4.78, 5) is 13.5. The second-order valence-electron chi connectivity index (χ2n) is 4.63. The minimum Gasteiger partial charge on any atom is -0.383 e. The number of anilines is 1. The third-order valence-electron chi connectivity index (χ3n) is 3.16. The molecule has 5 nitrogen and oxygen atoms in total. The molecule has 6 heteroatoms. The van der Waals surface area contributed by atoms with Crippen molar-refractivity contribution in [3.8, 4) is 11.1 Å². The molecule has 1 aromatic heterocycles. The van der Waals surface area contributed by atoms with Crippen LogP contribution in [0.15, 0.2) is 70.6 Å². The number of hydrogen-bond acceptors (Lipinski definition) is 4. The molecule has 1 amide bonds. The van der Waals surface area contributed by atoms with Crippen molar-refractivity contribution in [2.24, 2.45) is 5.73 Å². The number of aromatic nitrogens is 2. The molecule has 0 aliphatic carbocycles. The second-order valence-corrected chi connectivity index (χ2v) is 5.78. The van der Waals surface area contributed by atoms with Gasteiger partial charge in [-0.15, -0.1) is 0 Å². The van der Waals surface area contributed by atoms with Gasteiger partial charge in [0.1, 0.15) is 5.82 Å². The van der Waals surface area contributed by atoms with E-state index in [4.69, 9.17) is 11.5 Å². The number of benzene rings is 2. The van der Waals surface area contributed by atoms with Gasteiger partial charge in [-0.3, -0.25) is 0 Å². The van der Waals surface area contributed by atoms with E-state index in [0.29, 0.717) is 5.56 Å². The number of amides is 1. The highest BCUT2D eigenvalue weighted by Gasteiger charge is 2.12. The summed E-state index contributed by atoms with van der Waals surface area (Å²) in [5.41, 5.74) is 12.7. The first-order valence-electron chi connectivity index (χ1n) is 6.62. The van der Waals surface area contributed by atoms with Crippen molar-refractivity contribution in [1.82, 2.24) is 9.78 Å². The van der Waals surface area contributed by atoms with Crippen LogP contribution < -0.4 is 11.5 Å². The zero-order chi connectivity index (χ0) is 15.5. The van der Waals surface area contributed by atoms with E-state index >= 15 is 0 Å². The van der Waals surface area contributed by atoms with Crippen LogP contribution in [0.1, 0.15) is 0 Å². The van der Waals surface area contributed by atoms with Crippen LogP contribution in [-0.2, 0) is 0 Å². The Balaban J connectivity index is 1.84. The standard InChI is InChI=1S/C16H14N4OS/c17-15-14(10-19-20(15)16(18)21)11-6-8-13(9-7-11)22-12-4-2-1-3-5-12/h1-10H,17H2,(H2,18,21). The maximum absolute atomic E-state index is 11.2. The van der Waals surface area contributed by atoms with Gasteiger partial charge in [0.2, 0.25) is 0 Å². The largest absolute Gasteiger partial charge is 0.383 e. The molecule has 2 aromatic carbocycles. The summed E-state index contributed by atoms with van der Waals surface area (Å²) in [5, 5.41) is 3.89. The lowest BCUT2D eigenvalue weighted by Crippen LogP contribution is -2.22. The summed E-state index contributed by atoms with van der Waals surface area (Å²) >= 11 is 1.68. The van der Waals surface area contributed by atoms with E-state index in [1.807, 2.05) is 42.5 Å². The van der Waals surface area contributed by atoms with Crippen molar-refractivity contribution in [2.45, 2.75) is 9.79 Å². The second kappa shape index (κ2) is 5.95. The zero-order valence-corrected chi connectivity index (χ0v) is 12.5. The highest BCUT2D eigenvalue weighted by Crippen LogP contribution is 2.31. The molecular formula is C16H14N4OS. The van der Waals surface area contributed by atoms with Crippen LogP contribution >= 0.6 is 11.8 Å². The van der Waals surface area contributed by atoms with Gasteiger partial charge in [-0.2, -0.15) is 9.78 Å². The van der Waals surface area contributed by atoms with Crippen molar-refractivity contribution in [3.63, 3.8) is 0 Å². The van der Waals surface area contributed by atoms with Gasteiger partial charge in [-0.1, -0.05) is 42.1 Å². The molecular weight excluding hydrogens is 296 g/mol. The molecule has 0 bridgehead atoms. The van der Waals surface area contributed by atoms with Crippen molar-refractivity contribution in [1.29, 1.82) is 0 Å². The van der Waals surface area contributed by atoms with E-state index in [-0.39, 0.29) is 5.82 Å². The molecule has 22 heavy (non-hydrogen) atoms. The van der Waals surface area contributed by atoms with Gasteiger partial charge in [0.05, 0.1) is 6.20 Å². The average Bonchev–Trinajstić information content (AvgIpc) is 2.91. The lowest BCUT2D eigenvalue weighted by atomic mass is 10.1. The lowest BCUT2D eigenvalue weighted by Gasteiger charge is -2.04. The fourth-order valence-corrected chi connectivity index (χ4v) is 2.92. The van der Waals surface area contributed by atoms with Crippen LogP contribution in [0.5, 0.6) is 0 Å². The van der Waals surface area contributed by atoms with E-state index in [1.165, 1.54) is 4.90 Å². The summed E-state index contributed by atoms with van der Waals surface area (Å²) in [6.45, 7) is 0. The molecule has 0 aliphatic heterocycles. The van der Waals surface area contributed by atoms with Crippen LogP contribution in [0.4, 0.5) is 10.6 Å². The van der Waals surface area contributed by atoms with E-state index in [0.717, 1.165) is 15.1 Å². The zero-order valence-electron chi connectivity index (χ0n) is 11.6. The predicted octanol–water partition coefficient (Wildman–Crippen LogP) is 3.21. The van der Waals surface area contributed by atoms with E-state index in [9.17, 15) is 4.79 Å². The first-order valence-corrected chi connectivity index (χ1v) is 7.43. The van der Waals surface area contributed by atoms with Crippen molar-refractivity contribution >= 4 is 23.6 Å². The quantitative estimate of drug-likeness (QED) is 0.777. The Morgan fingerprint density at radius 1 is 1.00 bits per heavy atom. The molecule has 3 aromatic rings. The molecule has 0 spiro atoms. The molecule has 110 valence electrons. The van der Waals surface area contributed by atoms with Gasteiger partial charge < -0.3 is 11.5 Å². The van der Waals surface area contributed by atoms with Gasteiger partial charge >= 0.3 is 6.03 Å². The number of carbonyl (C=O) groups is 1. The molecule has 0 fully saturated rings. The van der Waals surface area contributed by atoms with Gasteiger partial charge in [0.15, 0.2) is 0 Å². The molecule has 0 radical (unpaired) electrons. The third kappa shape index (κ3) is 2.82. The molecule has 0 aliphatic rings. The van der Waals surface area contributed by atoms with Crippen LogP contribution in [0.3, 0.4) is 0 Å². The van der Waals surface area contributed by atoms with Crippen LogP contribution in [0, 0.1) is 0 Å². The molecule has 0 saturated carbocycles. The summed E-state index contributed by atoms with van der Waals surface area (Å²) in [6, 6.07) is 17.4. The van der Waals surface area contributed by atoms with Crippen molar-refractivity contribution in [3.05, 3.63) is 60.8 Å². The summed E-state index contributed by atoms with van der Waals surface area (Å²) in [6.07, 6.45) is 1.54. The Labute approximate surface area is 131 Å². The number of nitrogens with two attached hydrogens (primary N) is 2. The average molecular weight is 310 g/mol. The molecule has 4 N–H and O–H groups in total. The van der Waals surface area contributed by atoms with Gasteiger partial charge in [-0.05, 0) is 29.8 Å². The summed E-state index contributed by atoms with van der Waals surface area (Å²) < 4.78 is 0.988. The Morgan fingerprint density at radius 3 is 2.23 bits per heavy atom. The summed E-state index contributed by atoms with van der Waals surface area (Å²) in [7, 11) is 0. The van der Waals surface area contributed by atoms with E-state index in [2.05, 4.69) is 17.2 Å². The Bertz CT molecular complexity index is 797. The number of primary amides is 1.